The number of hydrogen-bond donors (Lipinski definition) is 2. The molecule has 0 aromatic carbocycles. The molecule has 78 valence electrons. The van der Waals surface area contributed by atoms with Gasteiger partial charge in [-0.2, -0.15) is 0 Å². The van der Waals surface area contributed by atoms with Gasteiger partial charge in [0.1, 0.15) is 0 Å². The molecule has 0 amide bonds. The van der Waals surface area contributed by atoms with E-state index in [1.54, 1.807) is 0 Å². The van der Waals surface area contributed by atoms with Gasteiger partial charge in [-0.25, -0.2) is 0 Å². The minimum absolute atomic E-state index is 0.192. The fraction of sp³-hybridized carbons (Fsp3) is 0.500. The highest BCUT2D eigenvalue weighted by atomic mass is 32.1. The van der Waals surface area contributed by atoms with Crippen molar-refractivity contribution in [1.29, 1.82) is 0 Å². The van der Waals surface area contributed by atoms with E-state index in [4.69, 9.17) is 5.11 Å². The average molecular weight is 214 g/mol. The Morgan fingerprint density at radius 3 is 2.86 bits per heavy atom. The zero-order chi connectivity index (χ0) is 10.4. The zero-order valence-electron chi connectivity index (χ0n) is 7.85. The second-order valence-corrected chi connectivity index (χ2v) is 4.15. The molecule has 0 fully saturated rings. The summed E-state index contributed by atoms with van der Waals surface area (Å²) < 4.78 is 0. The molecule has 0 saturated carbocycles. The maximum atomic E-state index is 10.2. The molecule has 2 N–H and O–H groups in total. The predicted molar refractivity (Wildman–Crippen MR) is 55.4 cm³/mol. The van der Waals surface area contributed by atoms with Crippen LogP contribution in [0.3, 0.4) is 0 Å². The first-order valence-electron chi connectivity index (χ1n) is 4.63. The molecule has 0 bridgehead atoms. The van der Waals surface area contributed by atoms with Gasteiger partial charge < -0.3 is 10.2 Å². The van der Waals surface area contributed by atoms with Crippen LogP contribution in [0.1, 0.15) is 36.7 Å². The molecule has 0 aliphatic heterocycles. The number of aliphatic hydroxyl groups excluding tert-OH is 1. The number of unbranched alkanes of at least 4 members (excludes halogenated alkanes) is 1. The zero-order valence-corrected chi connectivity index (χ0v) is 8.67. The molecule has 0 spiro atoms. The Balaban J connectivity index is 2.16. The maximum Gasteiger partial charge on any atom is 0.303 e. The third-order valence-corrected chi connectivity index (χ3v) is 2.96. The van der Waals surface area contributed by atoms with Crippen LogP contribution >= 0.6 is 11.3 Å². The maximum absolute atomic E-state index is 10.2. The normalized spacial score (nSPS) is 12.6. The molecule has 1 rings (SSSR count). The quantitative estimate of drug-likeness (QED) is 0.715. The van der Waals surface area contributed by atoms with Crippen molar-refractivity contribution in [3.05, 3.63) is 22.4 Å². The summed E-state index contributed by atoms with van der Waals surface area (Å²) in [6.07, 6.45) is 1.80. The number of rotatable bonds is 6. The van der Waals surface area contributed by atoms with E-state index in [1.165, 1.54) is 11.3 Å². The highest BCUT2D eigenvalue weighted by Crippen LogP contribution is 2.23. The molecule has 0 radical (unpaired) electrons. The van der Waals surface area contributed by atoms with Crippen molar-refractivity contribution in [2.75, 3.05) is 0 Å². The second-order valence-electron chi connectivity index (χ2n) is 3.17. The molecule has 0 aliphatic carbocycles. The van der Waals surface area contributed by atoms with E-state index in [0.717, 1.165) is 11.3 Å². The third-order valence-electron chi connectivity index (χ3n) is 1.99. The van der Waals surface area contributed by atoms with Gasteiger partial charge in [0.25, 0.3) is 0 Å². The van der Waals surface area contributed by atoms with Crippen LogP contribution in [0.4, 0.5) is 0 Å². The summed E-state index contributed by atoms with van der Waals surface area (Å²) in [6.45, 7) is 0. The lowest BCUT2D eigenvalue weighted by Crippen LogP contribution is -1.97. The Labute approximate surface area is 87.0 Å². The third kappa shape index (κ3) is 3.89. The van der Waals surface area contributed by atoms with Gasteiger partial charge in [-0.1, -0.05) is 6.07 Å². The SMILES string of the molecule is O=C(O)CCCCC(O)c1cccs1. The van der Waals surface area contributed by atoms with Crippen molar-refractivity contribution in [3.63, 3.8) is 0 Å². The first-order valence-corrected chi connectivity index (χ1v) is 5.51. The highest BCUT2D eigenvalue weighted by molar-refractivity contribution is 7.10. The van der Waals surface area contributed by atoms with Gasteiger partial charge in [0.05, 0.1) is 6.10 Å². The van der Waals surface area contributed by atoms with E-state index in [1.807, 2.05) is 17.5 Å². The van der Waals surface area contributed by atoms with Gasteiger partial charge in [-0.05, 0) is 30.7 Å². The highest BCUT2D eigenvalue weighted by Gasteiger charge is 2.07. The molecule has 1 aromatic rings. The Kier molecular flexibility index (Phi) is 4.62. The number of carboxylic acids is 1. The molecular weight excluding hydrogens is 200 g/mol. The molecule has 3 nitrogen and oxygen atoms in total. The van der Waals surface area contributed by atoms with Gasteiger partial charge >= 0.3 is 5.97 Å². The lowest BCUT2D eigenvalue weighted by atomic mass is 10.1. The molecule has 14 heavy (non-hydrogen) atoms. The molecule has 1 heterocycles. The van der Waals surface area contributed by atoms with Crippen molar-refractivity contribution in [1.82, 2.24) is 0 Å². The van der Waals surface area contributed by atoms with Crippen LogP contribution in [0.15, 0.2) is 17.5 Å². The number of aliphatic carboxylic acids is 1. The van der Waals surface area contributed by atoms with E-state index in [9.17, 15) is 9.90 Å². The molecule has 4 heteroatoms. The van der Waals surface area contributed by atoms with E-state index in [-0.39, 0.29) is 6.42 Å². The summed E-state index contributed by atoms with van der Waals surface area (Å²) in [5, 5.41) is 20.0. The van der Waals surface area contributed by atoms with Gasteiger partial charge in [0.2, 0.25) is 0 Å². The summed E-state index contributed by atoms with van der Waals surface area (Å²) >= 11 is 1.53. The molecular formula is C10H14O3S. The first kappa shape index (κ1) is 11.2. The lowest BCUT2D eigenvalue weighted by Gasteiger charge is -2.06. The molecule has 1 aromatic heterocycles. The van der Waals surface area contributed by atoms with E-state index < -0.39 is 12.1 Å². The minimum atomic E-state index is -0.768. The Bertz CT molecular complexity index is 269. The second kappa shape index (κ2) is 5.78. The standard InChI is InChI=1S/C10H14O3S/c11-8(9-5-3-7-14-9)4-1-2-6-10(12)13/h3,5,7-8,11H,1-2,4,6H2,(H,12,13). The van der Waals surface area contributed by atoms with Gasteiger partial charge in [0.15, 0.2) is 0 Å². The summed E-state index contributed by atoms with van der Waals surface area (Å²) in [5.41, 5.74) is 0. The van der Waals surface area contributed by atoms with Crippen LogP contribution in [0, 0.1) is 0 Å². The average Bonchev–Trinajstić information content (AvgIpc) is 2.64. The molecule has 1 unspecified atom stereocenters. The summed E-state index contributed by atoms with van der Waals surface area (Å²) in [6, 6.07) is 3.80. The molecule has 0 saturated heterocycles. The number of thiophene rings is 1. The Morgan fingerprint density at radius 2 is 2.29 bits per heavy atom. The minimum Gasteiger partial charge on any atom is -0.481 e. The van der Waals surface area contributed by atoms with Crippen molar-refractivity contribution in [3.8, 4) is 0 Å². The van der Waals surface area contributed by atoms with Crippen LogP contribution in [0.2, 0.25) is 0 Å². The number of aliphatic hydroxyl groups is 1. The van der Waals surface area contributed by atoms with Crippen LogP contribution in [-0.2, 0) is 4.79 Å². The summed E-state index contributed by atoms with van der Waals surface area (Å²) in [5.74, 6) is -0.768. The van der Waals surface area contributed by atoms with Crippen molar-refractivity contribution in [2.45, 2.75) is 31.8 Å². The summed E-state index contributed by atoms with van der Waals surface area (Å²) in [4.78, 5) is 11.2. The molecule has 1 atom stereocenters. The van der Waals surface area contributed by atoms with E-state index in [2.05, 4.69) is 0 Å². The van der Waals surface area contributed by atoms with Crippen LogP contribution in [0.25, 0.3) is 0 Å². The monoisotopic (exact) mass is 214 g/mol. The van der Waals surface area contributed by atoms with Gasteiger partial charge in [0, 0.05) is 11.3 Å². The van der Waals surface area contributed by atoms with Crippen LogP contribution in [0.5, 0.6) is 0 Å². The fourth-order valence-corrected chi connectivity index (χ4v) is 1.98. The van der Waals surface area contributed by atoms with Crippen molar-refractivity contribution >= 4 is 17.3 Å². The van der Waals surface area contributed by atoms with Gasteiger partial charge in [-0.15, -0.1) is 11.3 Å². The van der Waals surface area contributed by atoms with Crippen molar-refractivity contribution < 1.29 is 15.0 Å². The van der Waals surface area contributed by atoms with Crippen LogP contribution < -0.4 is 0 Å². The fourth-order valence-electron chi connectivity index (χ4n) is 1.24. The Morgan fingerprint density at radius 1 is 1.50 bits per heavy atom. The largest absolute Gasteiger partial charge is 0.481 e. The van der Waals surface area contributed by atoms with E-state index >= 15 is 0 Å². The van der Waals surface area contributed by atoms with Gasteiger partial charge in [-0.3, -0.25) is 4.79 Å². The number of hydrogen-bond acceptors (Lipinski definition) is 3. The number of carboxylic acid groups (broad SMARTS) is 1. The molecule has 0 aliphatic rings. The first-order chi connectivity index (χ1) is 6.70. The van der Waals surface area contributed by atoms with Crippen LogP contribution in [-0.4, -0.2) is 16.2 Å². The van der Waals surface area contributed by atoms with E-state index in [0.29, 0.717) is 12.8 Å². The topological polar surface area (TPSA) is 57.5 Å². The smallest absolute Gasteiger partial charge is 0.303 e. The predicted octanol–water partition coefficient (Wildman–Crippen LogP) is 2.43. The summed E-state index contributed by atoms with van der Waals surface area (Å²) in [7, 11) is 0. The lowest BCUT2D eigenvalue weighted by molar-refractivity contribution is -0.137. The van der Waals surface area contributed by atoms with Crippen molar-refractivity contribution in [2.24, 2.45) is 0 Å². The number of carbonyl (C=O) groups is 1. The Hall–Kier alpha value is -0.870.